The van der Waals surface area contributed by atoms with Gasteiger partial charge in [0.2, 0.25) is 5.76 Å². The van der Waals surface area contributed by atoms with Gasteiger partial charge < -0.3 is 14.3 Å². The summed E-state index contributed by atoms with van der Waals surface area (Å²) in [5.41, 5.74) is 3.70. The first-order valence-corrected chi connectivity index (χ1v) is 10.4. The molecule has 1 N–H and O–H groups in total. The molecular weight excluding hydrogens is 392 g/mol. The third-order valence-corrected chi connectivity index (χ3v) is 5.75. The number of amides is 1. The zero-order chi connectivity index (χ0) is 21.4. The molecule has 1 amide bonds. The average molecular weight is 416 g/mol. The largest absolute Gasteiger partial charge is 0.461 e. The fraction of sp³-hybridized carbons (Fsp3) is 0.292. The minimum absolute atomic E-state index is 0.0303. The molecule has 0 bridgehead atoms. The summed E-state index contributed by atoms with van der Waals surface area (Å²) in [6.07, 6.45) is 5.17. The molecule has 1 atom stereocenters. The SMILES string of the molecule is CC1(C)Cc2c(cnn2Cc2ccccc2)[C@@H](NC(=O)c2cc(-c3ccco3)on2)C1. The number of aromatic nitrogens is 3. The second-order valence-electron chi connectivity index (χ2n) is 8.81. The van der Waals surface area contributed by atoms with Gasteiger partial charge in [0.1, 0.15) is 0 Å². The monoisotopic (exact) mass is 416 g/mol. The van der Waals surface area contributed by atoms with Crippen molar-refractivity contribution < 1.29 is 13.7 Å². The van der Waals surface area contributed by atoms with Crippen LogP contribution in [0.5, 0.6) is 0 Å². The molecule has 3 heterocycles. The van der Waals surface area contributed by atoms with E-state index in [1.165, 1.54) is 11.3 Å². The number of rotatable bonds is 5. The smallest absolute Gasteiger partial charge is 0.273 e. The van der Waals surface area contributed by atoms with E-state index in [1.54, 1.807) is 24.5 Å². The summed E-state index contributed by atoms with van der Waals surface area (Å²) in [7, 11) is 0. The molecule has 0 spiro atoms. The van der Waals surface area contributed by atoms with Crippen LogP contribution in [0.2, 0.25) is 0 Å². The molecule has 1 aromatic carbocycles. The minimum Gasteiger partial charge on any atom is -0.461 e. The fourth-order valence-electron chi connectivity index (χ4n) is 4.27. The standard InChI is InChI=1S/C24H24N4O3/c1-24(2)12-19(26-23(29)18-11-22(31-27-18)21-9-6-10-30-21)17-14-25-28(20(17)13-24)15-16-7-4-3-5-8-16/h3-11,14,19H,12-13,15H2,1-2H3,(H,26,29)/t19-/m0/s1. The molecular formula is C24H24N4O3. The van der Waals surface area contributed by atoms with Gasteiger partial charge in [-0.3, -0.25) is 9.48 Å². The molecule has 31 heavy (non-hydrogen) atoms. The van der Waals surface area contributed by atoms with Crippen LogP contribution in [0.4, 0.5) is 0 Å². The maximum Gasteiger partial charge on any atom is 0.273 e. The van der Waals surface area contributed by atoms with Crippen LogP contribution in [0.1, 0.15) is 53.6 Å². The second-order valence-corrected chi connectivity index (χ2v) is 8.81. The summed E-state index contributed by atoms with van der Waals surface area (Å²) in [4.78, 5) is 12.9. The quantitative estimate of drug-likeness (QED) is 0.513. The summed E-state index contributed by atoms with van der Waals surface area (Å²) in [6.45, 7) is 5.16. The molecule has 158 valence electrons. The summed E-state index contributed by atoms with van der Waals surface area (Å²) in [5, 5.41) is 11.7. The zero-order valence-corrected chi connectivity index (χ0v) is 17.5. The molecule has 0 aliphatic heterocycles. The third-order valence-electron chi connectivity index (χ3n) is 5.75. The van der Waals surface area contributed by atoms with Gasteiger partial charge in [-0.2, -0.15) is 5.10 Å². The fourth-order valence-corrected chi connectivity index (χ4v) is 4.27. The predicted molar refractivity (Wildman–Crippen MR) is 114 cm³/mol. The van der Waals surface area contributed by atoms with Crippen LogP contribution in [-0.4, -0.2) is 20.8 Å². The predicted octanol–water partition coefficient (Wildman–Crippen LogP) is 4.62. The lowest BCUT2D eigenvalue weighted by Gasteiger charge is -2.35. The van der Waals surface area contributed by atoms with E-state index >= 15 is 0 Å². The van der Waals surface area contributed by atoms with Gasteiger partial charge in [0.05, 0.1) is 25.0 Å². The molecule has 0 radical (unpaired) electrons. The maximum atomic E-state index is 12.9. The molecule has 5 rings (SSSR count). The Hall–Kier alpha value is -3.61. The van der Waals surface area contributed by atoms with E-state index in [-0.39, 0.29) is 23.1 Å². The van der Waals surface area contributed by atoms with Crippen LogP contribution in [0, 0.1) is 5.41 Å². The Bertz CT molecular complexity index is 1190. The van der Waals surface area contributed by atoms with Gasteiger partial charge in [0, 0.05) is 17.3 Å². The van der Waals surface area contributed by atoms with Crippen molar-refractivity contribution in [3.8, 4) is 11.5 Å². The number of hydrogen-bond acceptors (Lipinski definition) is 5. The number of benzene rings is 1. The first-order valence-electron chi connectivity index (χ1n) is 10.4. The first-order chi connectivity index (χ1) is 15.0. The van der Waals surface area contributed by atoms with Gasteiger partial charge in [0.25, 0.3) is 5.91 Å². The van der Waals surface area contributed by atoms with E-state index in [4.69, 9.17) is 8.94 Å². The van der Waals surface area contributed by atoms with E-state index in [2.05, 4.69) is 46.2 Å². The van der Waals surface area contributed by atoms with Gasteiger partial charge in [-0.25, -0.2) is 0 Å². The molecule has 4 aromatic rings. The summed E-state index contributed by atoms with van der Waals surface area (Å²) in [5.74, 6) is 0.691. The van der Waals surface area contributed by atoms with Gasteiger partial charge >= 0.3 is 0 Å². The van der Waals surface area contributed by atoms with Crippen molar-refractivity contribution in [2.45, 2.75) is 39.3 Å². The van der Waals surface area contributed by atoms with Crippen LogP contribution in [0.15, 0.2) is 69.9 Å². The van der Waals surface area contributed by atoms with E-state index < -0.39 is 0 Å². The van der Waals surface area contributed by atoms with Gasteiger partial charge in [-0.15, -0.1) is 0 Å². The van der Waals surface area contributed by atoms with Crippen LogP contribution in [0.3, 0.4) is 0 Å². The molecule has 7 nitrogen and oxygen atoms in total. The number of nitrogens with one attached hydrogen (secondary N) is 1. The van der Waals surface area contributed by atoms with Crippen molar-refractivity contribution in [2.24, 2.45) is 5.41 Å². The van der Waals surface area contributed by atoms with Gasteiger partial charge in [-0.1, -0.05) is 49.3 Å². The average Bonchev–Trinajstić information content (AvgIpc) is 3.49. The Morgan fingerprint density at radius 2 is 2.03 bits per heavy atom. The number of nitrogens with zero attached hydrogens (tertiary/aromatic N) is 3. The van der Waals surface area contributed by atoms with E-state index in [0.717, 1.165) is 18.4 Å². The second kappa shape index (κ2) is 7.58. The van der Waals surface area contributed by atoms with Crippen LogP contribution in [0.25, 0.3) is 11.5 Å². The lowest BCUT2D eigenvalue weighted by Crippen LogP contribution is -2.37. The van der Waals surface area contributed by atoms with Crippen LogP contribution < -0.4 is 5.32 Å². The normalized spacial score (nSPS) is 17.3. The van der Waals surface area contributed by atoms with Gasteiger partial charge in [0.15, 0.2) is 11.5 Å². The van der Waals surface area contributed by atoms with Crippen molar-refractivity contribution in [2.75, 3.05) is 0 Å². The lowest BCUT2D eigenvalue weighted by atomic mass is 9.74. The number of carbonyl (C=O) groups is 1. The van der Waals surface area contributed by atoms with E-state index in [0.29, 0.717) is 18.1 Å². The number of fused-ring (bicyclic) bond motifs is 1. The highest BCUT2D eigenvalue weighted by molar-refractivity contribution is 5.93. The van der Waals surface area contributed by atoms with Crippen molar-refractivity contribution >= 4 is 5.91 Å². The Morgan fingerprint density at radius 1 is 1.19 bits per heavy atom. The molecule has 3 aromatic heterocycles. The van der Waals surface area contributed by atoms with Crippen molar-refractivity contribution in [1.29, 1.82) is 0 Å². The highest BCUT2D eigenvalue weighted by Gasteiger charge is 2.36. The van der Waals surface area contributed by atoms with Crippen LogP contribution >= 0.6 is 0 Å². The van der Waals surface area contributed by atoms with Crippen molar-refractivity contribution in [3.05, 3.63) is 83.5 Å². The first kappa shape index (κ1) is 19.4. The third kappa shape index (κ3) is 3.91. The Balaban J connectivity index is 1.38. The van der Waals surface area contributed by atoms with Gasteiger partial charge in [-0.05, 0) is 36.0 Å². The Labute approximate surface area is 180 Å². The van der Waals surface area contributed by atoms with Crippen LogP contribution in [-0.2, 0) is 13.0 Å². The molecule has 0 saturated heterocycles. The van der Waals surface area contributed by atoms with Crippen molar-refractivity contribution in [3.63, 3.8) is 0 Å². The highest BCUT2D eigenvalue weighted by Crippen LogP contribution is 2.41. The number of furan rings is 1. The zero-order valence-electron chi connectivity index (χ0n) is 17.5. The molecule has 0 unspecified atom stereocenters. The maximum absolute atomic E-state index is 12.9. The molecule has 0 saturated carbocycles. The molecule has 7 heteroatoms. The minimum atomic E-state index is -0.272. The summed E-state index contributed by atoms with van der Waals surface area (Å²) in [6, 6.07) is 15.3. The molecule has 0 fully saturated rings. The van der Waals surface area contributed by atoms with E-state index in [9.17, 15) is 4.79 Å². The molecule has 1 aliphatic rings. The van der Waals surface area contributed by atoms with E-state index in [1.807, 2.05) is 24.4 Å². The number of carbonyl (C=O) groups excluding carboxylic acids is 1. The Morgan fingerprint density at radius 3 is 2.81 bits per heavy atom. The summed E-state index contributed by atoms with van der Waals surface area (Å²) >= 11 is 0. The number of hydrogen-bond donors (Lipinski definition) is 1. The molecule has 1 aliphatic carbocycles. The topological polar surface area (TPSA) is 86.1 Å². The Kier molecular flexibility index (Phi) is 4.73. The van der Waals surface area contributed by atoms with Crippen molar-refractivity contribution in [1.82, 2.24) is 20.3 Å². The lowest BCUT2D eigenvalue weighted by molar-refractivity contribution is 0.0910. The highest BCUT2D eigenvalue weighted by atomic mass is 16.5. The summed E-state index contributed by atoms with van der Waals surface area (Å²) < 4.78 is 12.6.